The minimum absolute atomic E-state index is 0.687. The minimum atomic E-state index is 0.687. The van der Waals surface area contributed by atoms with Crippen LogP contribution in [0.2, 0.25) is 0 Å². The Morgan fingerprint density at radius 3 is 2.86 bits per heavy atom. The third-order valence-corrected chi connectivity index (χ3v) is 2.92. The lowest BCUT2D eigenvalue weighted by Gasteiger charge is -2.17. The topological polar surface area (TPSA) is 61.8 Å². The zero-order valence-corrected chi connectivity index (χ0v) is 13.5. The Balaban J connectivity index is 2.42. The van der Waals surface area contributed by atoms with E-state index >= 15 is 0 Å². The Kier molecular flexibility index (Phi) is 8.19. The van der Waals surface area contributed by atoms with Crippen LogP contribution in [-0.2, 0) is 11.3 Å². The first-order valence-corrected chi connectivity index (χ1v) is 7.32. The summed E-state index contributed by atoms with van der Waals surface area (Å²) < 4.78 is 5.31. The first-order valence-electron chi connectivity index (χ1n) is 7.32. The van der Waals surface area contributed by atoms with E-state index in [2.05, 4.69) is 26.7 Å². The number of nitrogens with one attached hydrogen (secondary N) is 2. The molecule has 0 bridgehead atoms. The molecule has 0 aliphatic rings. The van der Waals surface area contributed by atoms with Crippen molar-refractivity contribution in [1.29, 1.82) is 0 Å². The van der Waals surface area contributed by atoms with Crippen LogP contribution >= 0.6 is 0 Å². The summed E-state index contributed by atoms with van der Waals surface area (Å²) in [5.74, 6) is 1.76. The van der Waals surface area contributed by atoms with Gasteiger partial charge in [0.2, 0.25) is 0 Å². The highest BCUT2D eigenvalue weighted by Crippen LogP contribution is 2.13. The normalized spacial score (nSPS) is 11.3. The van der Waals surface area contributed by atoms with E-state index in [4.69, 9.17) is 4.74 Å². The van der Waals surface area contributed by atoms with Crippen molar-refractivity contribution in [2.75, 3.05) is 45.8 Å². The summed E-state index contributed by atoms with van der Waals surface area (Å²) in [5.41, 5.74) is 1.14. The molecule has 0 spiro atoms. The maximum absolute atomic E-state index is 5.31. The van der Waals surface area contributed by atoms with Gasteiger partial charge >= 0.3 is 0 Å². The molecule has 1 heterocycles. The molecule has 0 fully saturated rings. The Morgan fingerprint density at radius 2 is 2.19 bits per heavy atom. The van der Waals surface area contributed by atoms with Crippen molar-refractivity contribution in [2.24, 2.45) is 4.99 Å². The minimum Gasteiger partial charge on any atom is -0.382 e. The molecular weight excluding hydrogens is 266 g/mol. The van der Waals surface area contributed by atoms with Gasteiger partial charge in [-0.3, -0.25) is 4.99 Å². The number of anilines is 1. The van der Waals surface area contributed by atoms with Crippen LogP contribution in [0.15, 0.2) is 23.3 Å². The predicted octanol–water partition coefficient (Wildman–Crippen LogP) is 1.24. The number of ether oxygens (including phenoxy) is 1. The third kappa shape index (κ3) is 6.44. The number of guanidine groups is 1. The highest BCUT2D eigenvalue weighted by atomic mass is 16.5. The van der Waals surface area contributed by atoms with Crippen molar-refractivity contribution in [2.45, 2.75) is 19.9 Å². The Hall–Kier alpha value is -1.82. The molecule has 0 atom stereocenters. The SMILES string of the molecule is CCOCCCNC(=NC)NCc1cccnc1N(C)C. The van der Waals surface area contributed by atoms with Crippen molar-refractivity contribution in [1.82, 2.24) is 15.6 Å². The highest BCUT2D eigenvalue weighted by Gasteiger charge is 2.05. The fourth-order valence-electron chi connectivity index (χ4n) is 1.90. The van der Waals surface area contributed by atoms with Crippen LogP contribution in [0.1, 0.15) is 18.9 Å². The molecule has 118 valence electrons. The Bertz CT molecular complexity index is 434. The van der Waals surface area contributed by atoms with Gasteiger partial charge in [0.15, 0.2) is 5.96 Å². The molecule has 6 heteroatoms. The van der Waals surface area contributed by atoms with Gasteiger partial charge < -0.3 is 20.3 Å². The first kappa shape index (κ1) is 17.2. The number of aliphatic imine (C=N–C) groups is 1. The number of nitrogens with zero attached hydrogens (tertiary/aromatic N) is 3. The van der Waals surface area contributed by atoms with Crippen molar-refractivity contribution < 1.29 is 4.74 Å². The van der Waals surface area contributed by atoms with Crippen LogP contribution in [0.3, 0.4) is 0 Å². The Labute approximate surface area is 127 Å². The molecule has 2 N–H and O–H groups in total. The molecule has 0 saturated carbocycles. The molecule has 0 saturated heterocycles. The second-order valence-electron chi connectivity index (χ2n) is 4.78. The summed E-state index contributed by atoms with van der Waals surface area (Å²) in [7, 11) is 5.76. The van der Waals surface area contributed by atoms with Gasteiger partial charge in [-0.1, -0.05) is 6.07 Å². The largest absolute Gasteiger partial charge is 0.382 e. The summed E-state index contributed by atoms with van der Waals surface area (Å²) in [5, 5.41) is 6.58. The van der Waals surface area contributed by atoms with E-state index in [9.17, 15) is 0 Å². The van der Waals surface area contributed by atoms with Gasteiger partial charge in [0, 0.05) is 59.2 Å². The number of aromatic nitrogens is 1. The average Bonchev–Trinajstić information content (AvgIpc) is 2.50. The fraction of sp³-hybridized carbons (Fsp3) is 0.600. The molecule has 0 radical (unpaired) electrons. The van der Waals surface area contributed by atoms with Crippen molar-refractivity contribution >= 4 is 11.8 Å². The van der Waals surface area contributed by atoms with Crippen molar-refractivity contribution in [3.8, 4) is 0 Å². The second kappa shape index (κ2) is 9.99. The number of pyridine rings is 1. The zero-order valence-electron chi connectivity index (χ0n) is 13.5. The van der Waals surface area contributed by atoms with Crippen LogP contribution < -0.4 is 15.5 Å². The van der Waals surface area contributed by atoms with E-state index in [-0.39, 0.29) is 0 Å². The van der Waals surface area contributed by atoms with Gasteiger partial charge in [0.1, 0.15) is 5.82 Å². The van der Waals surface area contributed by atoms with E-state index in [1.807, 2.05) is 32.0 Å². The molecule has 1 aromatic rings. The predicted molar refractivity (Wildman–Crippen MR) is 87.9 cm³/mol. The van der Waals surface area contributed by atoms with Gasteiger partial charge in [0.05, 0.1) is 0 Å². The summed E-state index contributed by atoms with van der Waals surface area (Å²) in [6, 6.07) is 4.01. The molecule has 0 unspecified atom stereocenters. The number of hydrogen-bond acceptors (Lipinski definition) is 4. The van der Waals surface area contributed by atoms with Crippen molar-refractivity contribution in [3.63, 3.8) is 0 Å². The standard InChI is InChI=1S/C15H27N5O/c1-5-21-11-7-10-18-15(16-2)19-12-13-8-6-9-17-14(13)20(3)4/h6,8-9H,5,7,10-12H2,1-4H3,(H2,16,18,19). The molecule has 0 aromatic carbocycles. The molecule has 6 nitrogen and oxygen atoms in total. The van der Waals surface area contributed by atoms with E-state index < -0.39 is 0 Å². The van der Waals surface area contributed by atoms with Gasteiger partial charge in [-0.25, -0.2) is 4.98 Å². The van der Waals surface area contributed by atoms with Crippen LogP contribution in [-0.4, -0.2) is 51.8 Å². The van der Waals surface area contributed by atoms with Crippen LogP contribution in [0.4, 0.5) is 5.82 Å². The quantitative estimate of drug-likeness (QED) is 0.429. The van der Waals surface area contributed by atoms with Crippen LogP contribution in [0.5, 0.6) is 0 Å². The van der Waals surface area contributed by atoms with E-state index in [1.165, 1.54) is 0 Å². The van der Waals surface area contributed by atoms with Crippen LogP contribution in [0.25, 0.3) is 0 Å². The average molecular weight is 293 g/mol. The molecule has 21 heavy (non-hydrogen) atoms. The number of rotatable bonds is 8. The third-order valence-electron chi connectivity index (χ3n) is 2.92. The van der Waals surface area contributed by atoms with E-state index in [0.717, 1.165) is 43.5 Å². The van der Waals surface area contributed by atoms with Gasteiger partial charge in [-0.2, -0.15) is 0 Å². The monoisotopic (exact) mass is 293 g/mol. The maximum Gasteiger partial charge on any atom is 0.191 e. The fourth-order valence-corrected chi connectivity index (χ4v) is 1.90. The Morgan fingerprint density at radius 1 is 1.38 bits per heavy atom. The molecule has 0 amide bonds. The lowest BCUT2D eigenvalue weighted by molar-refractivity contribution is 0.145. The molecule has 0 aliphatic heterocycles. The summed E-state index contributed by atoms with van der Waals surface area (Å²) >= 11 is 0. The molecular formula is C15H27N5O. The van der Waals surface area contributed by atoms with Crippen LogP contribution in [0, 0.1) is 0 Å². The van der Waals surface area contributed by atoms with Gasteiger partial charge in [-0.05, 0) is 19.4 Å². The summed E-state index contributed by atoms with van der Waals surface area (Å²) in [6.45, 7) is 5.07. The molecule has 0 aliphatic carbocycles. The van der Waals surface area contributed by atoms with Gasteiger partial charge in [0.25, 0.3) is 0 Å². The van der Waals surface area contributed by atoms with Gasteiger partial charge in [-0.15, -0.1) is 0 Å². The second-order valence-corrected chi connectivity index (χ2v) is 4.78. The highest BCUT2D eigenvalue weighted by molar-refractivity contribution is 5.79. The van der Waals surface area contributed by atoms with Crippen molar-refractivity contribution in [3.05, 3.63) is 23.9 Å². The summed E-state index contributed by atoms with van der Waals surface area (Å²) in [4.78, 5) is 10.6. The number of hydrogen-bond donors (Lipinski definition) is 2. The summed E-state index contributed by atoms with van der Waals surface area (Å²) in [6.07, 6.45) is 2.77. The first-order chi connectivity index (χ1) is 10.2. The molecule has 1 aromatic heterocycles. The maximum atomic E-state index is 5.31. The lowest BCUT2D eigenvalue weighted by atomic mass is 10.2. The van der Waals surface area contributed by atoms with E-state index in [0.29, 0.717) is 6.54 Å². The lowest BCUT2D eigenvalue weighted by Crippen LogP contribution is -2.37. The smallest absolute Gasteiger partial charge is 0.191 e. The molecule has 1 rings (SSSR count). The zero-order chi connectivity index (χ0) is 15.5. The van der Waals surface area contributed by atoms with E-state index in [1.54, 1.807) is 13.2 Å².